The molecule has 0 saturated carbocycles. The van der Waals surface area contributed by atoms with E-state index in [2.05, 4.69) is 26.6 Å². The number of rotatable bonds is 36. The average molecular weight is 2010 g/mol. The third-order valence-corrected chi connectivity index (χ3v) is 25.0. The van der Waals surface area contributed by atoms with E-state index < -0.39 is 440 Å². The van der Waals surface area contributed by atoms with E-state index in [1.165, 1.54) is 0 Å². The van der Waals surface area contributed by atoms with Crippen molar-refractivity contribution in [1.82, 2.24) is 26.6 Å². The number of carbonyl (C=O) groups is 5. The average Bonchev–Trinajstić information content (AvgIpc) is 0.728. The molecule has 1 unspecified atom stereocenters. The van der Waals surface area contributed by atoms with E-state index in [1.54, 1.807) is 0 Å². The lowest BCUT2D eigenvalue weighted by Gasteiger charge is -2.53. The Bertz CT molecular complexity index is 3780. The van der Waals surface area contributed by atoms with E-state index in [4.69, 9.17) is 99.5 Å². The molecule has 11 rings (SSSR count). The summed E-state index contributed by atoms with van der Waals surface area (Å²) >= 11 is 0. The normalized spacial score (nSPS) is 48.9. The molecule has 0 aromatic rings. The first kappa shape index (κ1) is 113. The monoisotopic (exact) mass is 2010 g/mol. The first-order valence-corrected chi connectivity index (χ1v) is 43.7. The zero-order valence-corrected chi connectivity index (χ0v) is 73.6. The van der Waals surface area contributed by atoms with Crippen LogP contribution in [0.3, 0.4) is 0 Å². The molecular weight excluding hydrogens is 1880 g/mol. The van der Waals surface area contributed by atoms with E-state index in [-0.39, 0.29) is 0 Å². The SMILES string of the molecule is CC(=O)N[C@H]1[C@H](O[C@H]2[C@H](O)[C@@H](NC(C)=O)C(O)O[C@@H]2CO)O[C@H](CO)[C@@H](O[C@@H]2O[C@H](CO)[C@@H](O[C@H]3O[C@H](CO)[C@@H](O)[C@H](O)[C@@H]3O[C@@H]3O[C@H](CO)[C@@H](O[C@@H]4O[C@H](CO)[C@H](O)[C@H](O)[C@H]4O)[C@H](O)[C@H]3NC(C)=O)[C@H](O[C@H]3O[C@H](CO)[C@@H](O[C@@H]4O[C@H](CO)[C@@H](O[C@@H]5O[C@H](CO)[C@H](O)[C@H](O)[C@H]5O)[C@H](O)[C@H]4NC(C)=O)[C@H](O)[C@@H]3O[C@@H]3O[C@H](CO)[C@@H](O[C@@H]4O[C@H](CO)[C@H](O)[C@H](O)[C@H]4O)[C@H](O)[C@H]3NC(C)=O)[C@@H]2O)[C@@H]1O. The van der Waals surface area contributed by atoms with Gasteiger partial charge in [0.25, 0.3) is 0 Å². The third kappa shape index (κ3) is 24.8. The molecule has 61 heteroatoms. The van der Waals surface area contributed by atoms with Crippen LogP contribution in [-0.2, 0) is 123 Å². The highest BCUT2D eigenvalue weighted by atomic mass is 16.8. The molecular formula is C76H127N5O56. The molecule has 11 aliphatic rings. The molecule has 61 nitrogen and oxygen atoms in total. The molecule has 35 N–H and O–H groups in total. The van der Waals surface area contributed by atoms with Crippen molar-refractivity contribution in [2.75, 3.05) is 72.7 Å². The van der Waals surface area contributed by atoms with Crippen molar-refractivity contribution in [3.05, 3.63) is 0 Å². The Morgan fingerprint density at radius 2 is 0.358 bits per heavy atom. The number of hydrogen-bond acceptors (Lipinski definition) is 56. The first-order chi connectivity index (χ1) is 64.9. The van der Waals surface area contributed by atoms with Crippen molar-refractivity contribution in [3.63, 3.8) is 0 Å². The van der Waals surface area contributed by atoms with E-state index in [9.17, 15) is 177 Å². The van der Waals surface area contributed by atoms with Crippen LogP contribution in [-0.4, -0.2) is 593 Å². The predicted octanol–water partition coefficient (Wildman–Crippen LogP) is -24.3. The Kier molecular flexibility index (Phi) is 40.7. The predicted molar refractivity (Wildman–Crippen MR) is 420 cm³/mol. The lowest BCUT2D eigenvalue weighted by Crippen LogP contribution is -2.72. The van der Waals surface area contributed by atoms with Crippen LogP contribution in [0.15, 0.2) is 0 Å². The summed E-state index contributed by atoms with van der Waals surface area (Å²) in [6.45, 7) is -8.88. The van der Waals surface area contributed by atoms with Gasteiger partial charge in [0.05, 0.1) is 72.7 Å². The van der Waals surface area contributed by atoms with Gasteiger partial charge in [0, 0.05) is 34.6 Å². The zero-order chi connectivity index (χ0) is 101. The highest BCUT2D eigenvalue weighted by molar-refractivity contribution is 5.75. The Labute approximate surface area is 775 Å². The minimum absolute atomic E-state index is 0.830. The first-order valence-electron chi connectivity index (χ1n) is 43.7. The van der Waals surface area contributed by atoms with Crippen LogP contribution in [0.2, 0.25) is 0 Å². The lowest BCUT2D eigenvalue weighted by atomic mass is 9.93. The second-order valence-electron chi connectivity index (χ2n) is 34.5. The highest BCUT2D eigenvalue weighted by Gasteiger charge is 2.64. The van der Waals surface area contributed by atoms with Crippen molar-refractivity contribution in [2.45, 2.75) is 372 Å². The maximum atomic E-state index is 13.5. The molecule has 11 heterocycles. The second-order valence-corrected chi connectivity index (χ2v) is 34.5. The number of nitrogens with one attached hydrogen (secondary N) is 5. The summed E-state index contributed by atoms with van der Waals surface area (Å²) in [5.41, 5.74) is 0. The number of aliphatic hydroxyl groups excluding tert-OH is 30. The van der Waals surface area contributed by atoms with Crippen LogP contribution in [0.25, 0.3) is 0 Å². The standard InChI is InChI=1S/C76H127N5O56/c1-17(93)77-33-42(102)56(26(10-86)117-66(33)116)128-67-34(78-18(2)94)44(104)60(30(14-90)122-67)133-74-55(115)63(62(32(16-92)126-74)134-75-64(50(110)41(101)25(9-85)121-75)136-69-36(80-20(4)96)45(105)58(28(12-88)124-69)131-72-52(112)48(108)39(99)23(7-83)119-72)135-76-65(137-70-37(81-21(5)97)46(106)59(29(13-89)125-70)132-73-53(113)49(109)40(100)24(8-84)120-73)54(114)61(31(15-91)127-76)129-68-35(79-19(3)95)43(103)57(27(11-87)123-68)130-71-51(111)47(107)38(98)22(6-82)118-71/h22-76,82-92,98-116H,6-16H2,1-5H3,(H,77,93)(H,78,94)(H,79,95)(H,80,96)(H,81,97)/t22-,23-,24-,25-,26-,27-,28-,29-,30-,31-,32-,33-,34-,35-,36-,37-,38+,39+,40+,41-,42-,43-,44-,45-,46-,47+,48+,49+,50+,51-,52-,53-,54+,55+,56-,57-,58-,59-,60-,61-,62-,63-,64+,65+,66?,67+,68+,69+,70+,71+,72+,73+,74+,75-,76-/m1/s1. The van der Waals surface area contributed by atoms with Gasteiger partial charge in [-0.25, -0.2) is 0 Å². The molecule has 55 atom stereocenters. The van der Waals surface area contributed by atoms with Gasteiger partial charge in [-0.3, -0.25) is 24.0 Å². The summed E-state index contributed by atoms with van der Waals surface area (Å²) in [4.78, 5) is 65.5. The van der Waals surface area contributed by atoms with E-state index in [0.29, 0.717) is 0 Å². The van der Waals surface area contributed by atoms with Gasteiger partial charge in [-0.2, -0.15) is 0 Å². The topological polar surface area (TPSA) is 946 Å². The summed E-state index contributed by atoms with van der Waals surface area (Å²) in [5, 5.41) is 351. The fraction of sp³-hybridized carbons (Fsp3) is 0.934. The molecule has 792 valence electrons. The molecule has 11 aliphatic heterocycles. The van der Waals surface area contributed by atoms with Gasteiger partial charge < -0.3 is 279 Å². The zero-order valence-electron chi connectivity index (χ0n) is 73.6. The lowest BCUT2D eigenvalue weighted by molar-refractivity contribution is -0.418. The molecule has 0 aromatic heterocycles. The van der Waals surface area contributed by atoms with Crippen molar-refractivity contribution in [1.29, 1.82) is 0 Å². The number of amides is 5. The number of ether oxygens (including phenoxy) is 21. The maximum Gasteiger partial charge on any atom is 0.217 e. The number of aliphatic hydroxyl groups is 30. The highest BCUT2D eigenvalue weighted by Crippen LogP contribution is 2.43. The summed E-state index contributed by atoms with van der Waals surface area (Å²) in [5.74, 6) is -4.99. The molecule has 5 amide bonds. The Hall–Kier alpha value is -4.69. The fourth-order valence-corrected chi connectivity index (χ4v) is 17.9. The van der Waals surface area contributed by atoms with Gasteiger partial charge in [-0.05, 0) is 0 Å². The Morgan fingerprint density at radius 1 is 0.175 bits per heavy atom. The van der Waals surface area contributed by atoms with Crippen molar-refractivity contribution < 1.29 is 277 Å². The van der Waals surface area contributed by atoms with Crippen molar-refractivity contribution >= 4 is 29.5 Å². The quantitative estimate of drug-likeness (QED) is 0.0277. The van der Waals surface area contributed by atoms with Crippen LogP contribution in [0, 0.1) is 0 Å². The minimum Gasteiger partial charge on any atom is -0.394 e. The molecule has 0 aromatic carbocycles. The van der Waals surface area contributed by atoms with E-state index in [0.717, 1.165) is 34.6 Å². The third-order valence-electron chi connectivity index (χ3n) is 25.0. The van der Waals surface area contributed by atoms with E-state index in [1.807, 2.05) is 0 Å². The maximum absolute atomic E-state index is 13.5. The van der Waals surface area contributed by atoms with Gasteiger partial charge in [0.15, 0.2) is 69.2 Å². The van der Waals surface area contributed by atoms with Gasteiger partial charge in [-0.1, -0.05) is 0 Å². The number of hydrogen-bond donors (Lipinski definition) is 35. The van der Waals surface area contributed by atoms with Crippen LogP contribution in [0.5, 0.6) is 0 Å². The molecule has 11 fully saturated rings. The molecule has 0 bridgehead atoms. The fourth-order valence-electron chi connectivity index (χ4n) is 17.9. The summed E-state index contributed by atoms with van der Waals surface area (Å²) in [6, 6.07) is -10.1. The Balaban J connectivity index is 1.02. The summed E-state index contributed by atoms with van der Waals surface area (Å²) in [7, 11) is 0. The second kappa shape index (κ2) is 49.5. The molecule has 0 aliphatic carbocycles. The van der Waals surface area contributed by atoms with Crippen molar-refractivity contribution in [2.24, 2.45) is 0 Å². The van der Waals surface area contributed by atoms with Crippen LogP contribution < -0.4 is 26.6 Å². The van der Waals surface area contributed by atoms with Gasteiger partial charge >= 0.3 is 0 Å². The summed E-state index contributed by atoms with van der Waals surface area (Å²) in [6.07, 6.45) is -111. The molecule has 0 spiro atoms. The molecule has 0 radical (unpaired) electrons. The molecule has 11 saturated heterocycles. The smallest absolute Gasteiger partial charge is 0.217 e. The minimum atomic E-state index is -2.84. The molecule has 137 heavy (non-hydrogen) atoms. The van der Waals surface area contributed by atoms with Crippen LogP contribution >= 0.6 is 0 Å². The van der Waals surface area contributed by atoms with Gasteiger partial charge in [0.1, 0.15) is 268 Å². The van der Waals surface area contributed by atoms with Crippen molar-refractivity contribution in [3.8, 4) is 0 Å². The van der Waals surface area contributed by atoms with Crippen LogP contribution in [0.4, 0.5) is 0 Å². The van der Waals surface area contributed by atoms with E-state index >= 15 is 0 Å². The van der Waals surface area contributed by atoms with Gasteiger partial charge in [-0.15, -0.1) is 0 Å². The van der Waals surface area contributed by atoms with Gasteiger partial charge in [0.2, 0.25) is 29.5 Å². The largest absolute Gasteiger partial charge is 0.394 e. The summed E-state index contributed by atoms with van der Waals surface area (Å²) < 4.78 is 128. The Morgan fingerprint density at radius 3 is 0.642 bits per heavy atom. The van der Waals surface area contributed by atoms with Crippen LogP contribution in [0.1, 0.15) is 34.6 Å². The number of carbonyl (C=O) groups excluding carboxylic acids is 5.